The smallest absolute Gasteiger partial charge is 0.246 e. The van der Waals surface area contributed by atoms with Crippen LogP contribution in [0.4, 0.5) is 10.1 Å². The highest BCUT2D eigenvalue weighted by atomic mass is 19.1. The van der Waals surface area contributed by atoms with E-state index in [9.17, 15) is 9.18 Å². The number of carbonyl (C=O) groups excluding carboxylic acids is 1. The van der Waals surface area contributed by atoms with E-state index in [1.807, 2.05) is 74.5 Å². The molecule has 0 saturated carbocycles. The van der Waals surface area contributed by atoms with Crippen LogP contribution in [0.15, 0.2) is 83.9 Å². The number of nitrogens with zero attached hydrogens (tertiary/aromatic N) is 1. The van der Waals surface area contributed by atoms with Gasteiger partial charge in [0.1, 0.15) is 12.4 Å². The summed E-state index contributed by atoms with van der Waals surface area (Å²) >= 11 is 0. The van der Waals surface area contributed by atoms with E-state index in [0.717, 1.165) is 16.8 Å². The lowest BCUT2D eigenvalue weighted by Crippen LogP contribution is -2.30. The highest BCUT2D eigenvalue weighted by molar-refractivity contribution is 6.13. The van der Waals surface area contributed by atoms with E-state index < -0.39 is 11.6 Å². The van der Waals surface area contributed by atoms with Crippen LogP contribution in [0.25, 0.3) is 0 Å². The van der Waals surface area contributed by atoms with Gasteiger partial charge in [0, 0.05) is 23.1 Å². The van der Waals surface area contributed by atoms with Crippen molar-refractivity contribution >= 4 is 17.3 Å². The van der Waals surface area contributed by atoms with Gasteiger partial charge >= 0.3 is 0 Å². The van der Waals surface area contributed by atoms with E-state index in [2.05, 4.69) is 5.32 Å². The van der Waals surface area contributed by atoms with Crippen LogP contribution in [0.2, 0.25) is 0 Å². The number of halogens is 1. The Morgan fingerprint density at radius 3 is 2.23 bits per heavy atom. The molecule has 0 aromatic heterocycles. The van der Waals surface area contributed by atoms with Gasteiger partial charge < -0.3 is 10.1 Å². The third-order valence-corrected chi connectivity index (χ3v) is 5.32. The molecule has 1 saturated heterocycles. The molecule has 4 nitrogen and oxygen atoms in total. The summed E-state index contributed by atoms with van der Waals surface area (Å²) in [6.45, 7) is 3.78. The molecule has 3 aromatic rings. The summed E-state index contributed by atoms with van der Waals surface area (Å²) in [5.41, 5.74) is 3.22. The summed E-state index contributed by atoms with van der Waals surface area (Å²) in [6.07, 6.45) is 0.465. The third kappa shape index (κ3) is 5.06. The van der Waals surface area contributed by atoms with E-state index >= 15 is 0 Å². The van der Waals surface area contributed by atoms with Gasteiger partial charge in [-0.05, 0) is 32.0 Å². The predicted molar refractivity (Wildman–Crippen MR) is 120 cm³/mol. The molecule has 3 aromatic carbocycles. The van der Waals surface area contributed by atoms with Gasteiger partial charge in [0.15, 0.2) is 0 Å². The fourth-order valence-electron chi connectivity index (χ4n) is 3.77. The van der Waals surface area contributed by atoms with Gasteiger partial charge in [0.25, 0.3) is 0 Å². The van der Waals surface area contributed by atoms with Crippen molar-refractivity contribution in [1.29, 1.82) is 0 Å². The Kier molecular flexibility index (Phi) is 5.96. The number of hydrogen-bond acceptors (Lipinski definition) is 3. The monoisotopic (exact) mass is 416 g/mol. The van der Waals surface area contributed by atoms with Gasteiger partial charge in [0.05, 0.1) is 23.0 Å². The number of amides is 1. The normalized spacial score (nSPS) is 18.0. The fourth-order valence-corrected chi connectivity index (χ4v) is 3.77. The number of hydrogen-bond donors (Lipinski definition) is 1. The maximum absolute atomic E-state index is 14.8. The summed E-state index contributed by atoms with van der Waals surface area (Å²) in [7, 11) is 0. The SMILES string of the molecule is CC1(C)CC(c2cc(N=C(c3ccccc3)c3ccccc3)ccc2F)NC(=O)CO1. The first-order chi connectivity index (χ1) is 14.9. The molecule has 1 aliphatic heterocycles. The average molecular weight is 416 g/mol. The van der Waals surface area contributed by atoms with Crippen LogP contribution in [0.5, 0.6) is 0 Å². The molecule has 0 radical (unpaired) electrons. The van der Waals surface area contributed by atoms with Crippen molar-refractivity contribution in [2.75, 3.05) is 6.61 Å². The zero-order chi connectivity index (χ0) is 21.8. The summed E-state index contributed by atoms with van der Waals surface area (Å²) in [5, 5.41) is 2.88. The molecule has 0 spiro atoms. The Bertz CT molecular complexity index is 1050. The number of rotatable bonds is 4. The topological polar surface area (TPSA) is 50.7 Å². The number of ether oxygens (including phenoxy) is 1. The minimum atomic E-state index is -0.547. The van der Waals surface area contributed by atoms with Gasteiger partial charge in [-0.3, -0.25) is 4.79 Å². The number of nitrogens with one attached hydrogen (secondary N) is 1. The zero-order valence-electron chi connectivity index (χ0n) is 17.6. The predicted octanol–water partition coefficient (Wildman–Crippen LogP) is 5.35. The molecule has 0 bridgehead atoms. The Labute approximate surface area is 181 Å². The lowest BCUT2D eigenvalue weighted by molar-refractivity contribution is -0.128. The average Bonchev–Trinajstić information content (AvgIpc) is 2.91. The van der Waals surface area contributed by atoms with Crippen LogP contribution in [-0.2, 0) is 9.53 Å². The first kappa shape index (κ1) is 20.9. The molecular formula is C26H25FN2O2. The zero-order valence-corrected chi connectivity index (χ0v) is 17.6. The first-order valence-corrected chi connectivity index (χ1v) is 10.3. The van der Waals surface area contributed by atoms with Crippen molar-refractivity contribution in [2.24, 2.45) is 4.99 Å². The van der Waals surface area contributed by atoms with Crippen LogP contribution in [0.1, 0.15) is 43.0 Å². The van der Waals surface area contributed by atoms with Crippen LogP contribution in [0.3, 0.4) is 0 Å². The number of carbonyl (C=O) groups is 1. The Hall–Kier alpha value is -3.31. The number of aliphatic imine (C=N–C) groups is 1. The molecule has 1 atom stereocenters. The Morgan fingerprint density at radius 2 is 1.61 bits per heavy atom. The van der Waals surface area contributed by atoms with Crippen LogP contribution in [-0.4, -0.2) is 23.8 Å². The molecule has 1 fully saturated rings. The third-order valence-electron chi connectivity index (χ3n) is 5.32. The van der Waals surface area contributed by atoms with Crippen molar-refractivity contribution in [2.45, 2.75) is 31.9 Å². The second kappa shape index (κ2) is 8.82. The quantitative estimate of drug-likeness (QED) is 0.583. The fraction of sp³-hybridized carbons (Fsp3) is 0.231. The van der Waals surface area contributed by atoms with Crippen LogP contribution in [0, 0.1) is 5.82 Å². The highest BCUT2D eigenvalue weighted by Gasteiger charge is 2.32. The van der Waals surface area contributed by atoms with E-state index in [4.69, 9.17) is 9.73 Å². The van der Waals surface area contributed by atoms with Crippen molar-refractivity contribution in [3.63, 3.8) is 0 Å². The molecule has 1 unspecified atom stereocenters. The van der Waals surface area contributed by atoms with Crippen molar-refractivity contribution in [1.82, 2.24) is 5.32 Å². The van der Waals surface area contributed by atoms with E-state index in [1.54, 1.807) is 12.1 Å². The molecule has 158 valence electrons. The molecule has 1 amide bonds. The minimum absolute atomic E-state index is 0.0326. The van der Waals surface area contributed by atoms with Crippen molar-refractivity contribution < 1.29 is 13.9 Å². The number of benzene rings is 3. The highest BCUT2D eigenvalue weighted by Crippen LogP contribution is 2.32. The lowest BCUT2D eigenvalue weighted by Gasteiger charge is -2.26. The van der Waals surface area contributed by atoms with Crippen LogP contribution < -0.4 is 5.32 Å². The molecular weight excluding hydrogens is 391 g/mol. The molecule has 5 heteroatoms. The van der Waals surface area contributed by atoms with Crippen molar-refractivity contribution in [3.05, 3.63) is 101 Å². The van der Waals surface area contributed by atoms with E-state index in [1.165, 1.54) is 6.07 Å². The molecule has 1 aliphatic rings. The Morgan fingerprint density at radius 1 is 1.00 bits per heavy atom. The van der Waals surface area contributed by atoms with Gasteiger partial charge in [-0.1, -0.05) is 60.7 Å². The minimum Gasteiger partial charge on any atom is -0.366 e. The standard InChI is InChI=1S/C26H25FN2O2/c1-26(2)16-23(29-24(30)17-31-26)21-15-20(13-14-22(21)27)28-25(18-9-5-3-6-10-18)19-11-7-4-8-12-19/h3-15,23H,16-17H2,1-2H3,(H,29,30). The van der Waals surface area contributed by atoms with Crippen molar-refractivity contribution in [3.8, 4) is 0 Å². The largest absolute Gasteiger partial charge is 0.366 e. The van der Waals surface area contributed by atoms with E-state index in [-0.39, 0.29) is 18.3 Å². The molecule has 1 heterocycles. The molecule has 4 rings (SSSR count). The second-order valence-electron chi connectivity index (χ2n) is 8.27. The van der Waals surface area contributed by atoms with Gasteiger partial charge in [-0.2, -0.15) is 0 Å². The van der Waals surface area contributed by atoms with Gasteiger partial charge in [-0.25, -0.2) is 9.38 Å². The molecule has 0 aliphatic carbocycles. The summed E-state index contributed by atoms with van der Waals surface area (Å²) < 4.78 is 20.5. The first-order valence-electron chi connectivity index (χ1n) is 10.3. The summed E-state index contributed by atoms with van der Waals surface area (Å²) in [6, 6.07) is 24.1. The summed E-state index contributed by atoms with van der Waals surface area (Å²) in [4.78, 5) is 17.0. The Balaban J connectivity index is 1.77. The van der Waals surface area contributed by atoms with E-state index in [0.29, 0.717) is 17.7 Å². The maximum Gasteiger partial charge on any atom is 0.246 e. The molecule has 1 N–H and O–H groups in total. The maximum atomic E-state index is 14.8. The summed E-state index contributed by atoms with van der Waals surface area (Å²) in [5.74, 6) is -0.624. The lowest BCUT2D eigenvalue weighted by atomic mass is 9.93. The van der Waals surface area contributed by atoms with Gasteiger partial charge in [0.2, 0.25) is 5.91 Å². The molecule has 31 heavy (non-hydrogen) atoms. The second-order valence-corrected chi connectivity index (χ2v) is 8.27. The van der Waals surface area contributed by atoms with Gasteiger partial charge in [-0.15, -0.1) is 0 Å². The van der Waals surface area contributed by atoms with Crippen LogP contribution >= 0.6 is 0 Å².